The van der Waals surface area contributed by atoms with E-state index in [0.717, 1.165) is 18.8 Å². The zero-order valence-corrected chi connectivity index (χ0v) is 8.04. The second kappa shape index (κ2) is 4.37. The number of hydrazine groups is 1. The normalized spacial score (nSPS) is 18.1. The van der Waals surface area contributed by atoms with Crippen LogP contribution in [-0.2, 0) is 0 Å². The third-order valence-corrected chi connectivity index (χ3v) is 2.37. The van der Waals surface area contributed by atoms with Crippen LogP contribution in [0.5, 0.6) is 0 Å². The van der Waals surface area contributed by atoms with Gasteiger partial charge in [-0.1, -0.05) is 6.42 Å². The zero-order valence-electron chi connectivity index (χ0n) is 8.04. The average molecular weight is 195 g/mol. The maximum atomic E-state index is 12.8. The zero-order chi connectivity index (χ0) is 9.80. The van der Waals surface area contributed by atoms with E-state index in [-0.39, 0.29) is 0 Å². The van der Waals surface area contributed by atoms with Gasteiger partial charge in [0.1, 0.15) is 0 Å². The maximum Gasteiger partial charge on any atom is 0.214 e. The molecule has 2 heterocycles. The van der Waals surface area contributed by atoms with Gasteiger partial charge in [-0.2, -0.15) is 4.39 Å². The molecule has 0 spiro atoms. The molecule has 14 heavy (non-hydrogen) atoms. The quantitative estimate of drug-likeness (QED) is 0.732. The molecule has 1 aliphatic heterocycles. The monoisotopic (exact) mass is 195 g/mol. The molecule has 1 aromatic rings. The Bertz CT molecular complexity index is 297. The Kier molecular flexibility index (Phi) is 2.93. The Morgan fingerprint density at radius 2 is 2.07 bits per heavy atom. The number of aromatic nitrogens is 1. The summed E-state index contributed by atoms with van der Waals surface area (Å²) in [7, 11) is 0. The Hall–Kier alpha value is -1.16. The minimum absolute atomic E-state index is 0.438. The molecule has 1 aliphatic rings. The maximum absolute atomic E-state index is 12.8. The molecule has 0 unspecified atom stereocenters. The predicted molar refractivity (Wildman–Crippen MR) is 53.2 cm³/mol. The van der Waals surface area contributed by atoms with E-state index in [1.807, 2.05) is 0 Å². The van der Waals surface area contributed by atoms with Crippen LogP contribution in [0.4, 0.5) is 10.1 Å². The van der Waals surface area contributed by atoms with Crippen LogP contribution in [0.3, 0.4) is 0 Å². The topological polar surface area (TPSA) is 28.2 Å². The first-order chi connectivity index (χ1) is 6.84. The van der Waals surface area contributed by atoms with Gasteiger partial charge < -0.3 is 5.43 Å². The lowest BCUT2D eigenvalue weighted by atomic mass is 10.2. The molecule has 76 valence electrons. The number of nitrogens with one attached hydrogen (secondary N) is 1. The SMILES string of the molecule is Fc1cc(NN2CCCCC2)ccn1. The number of halogens is 1. The molecule has 0 bridgehead atoms. The molecule has 1 fully saturated rings. The molecule has 0 atom stereocenters. The highest BCUT2D eigenvalue weighted by Crippen LogP contribution is 2.12. The number of pyridine rings is 1. The molecule has 1 saturated heterocycles. The number of piperidine rings is 1. The van der Waals surface area contributed by atoms with Gasteiger partial charge in [0.05, 0.1) is 5.69 Å². The molecule has 0 saturated carbocycles. The molecule has 0 amide bonds. The van der Waals surface area contributed by atoms with Gasteiger partial charge in [0, 0.05) is 25.4 Å². The number of hydrogen-bond acceptors (Lipinski definition) is 3. The summed E-state index contributed by atoms with van der Waals surface area (Å²) in [5.74, 6) is -0.438. The van der Waals surface area contributed by atoms with Gasteiger partial charge in [-0.25, -0.2) is 9.99 Å². The molecule has 4 heteroatoms. The van der Waals surface area contributed by atoms with E-state index in [4.69, 9.17) is 0 Å². The van der Waals surface area contributed by atoms with Crippen LogP contribution in [0, 0.1) is 5.95 Å². The summed E-state index contributed by atoms with van der Waals surface area (Å²) < 4.78 is 12.8. The highest BCUT2D eigenvalue weighted by atomic mass is 19.1. The van der Waals surface area contributed by atoms with E-state index >= 15 is 0 Å². The fraction of sp³-hybridized carbons (Fsp3) is 0.500. The third-order valence-electron chi connectivity index (χ3n) is 2.37. The Morgan fingerprint density at radius 1 is 1.29 bits per heavy atom. The van der Waals surface area contributed by atoms with Gasteiger partial charge in [0.25, 0.3) is 0 Å². The molecule has 3 nitrogen and oxygen atoms in total. The summed E-state index contributed by atoms with van der Waals surface area (Å²) in [5.41, 5.74) is 3.95. The number of anilines is 1. The van der Waals surface area contributed by atoms with Crippen molar-refractivity contribution in [3.8, 4) is 0 Å². The molecule has 1 N–H and O–H groups in total. The van der Waals surface area contributed by atoms with Gasteiger partial charge in [0.15, 0.2) is 0 Å². The summed E-state index contributed by atoms with van der Waals surface area (Å²) in [6, 6.07) is 3.19. The van der Waals surface area contributed by atoms with Crippen LogP contribution in [0.15, 0.2) is 18.3 Å². The van der Waals surface area contributed by atoms with Crippen molar-refractivity contribution in [1.29, 1.82) is 0 Å². The number of hydrogen-bond donors (Lipinski definition) is 1. The van der Waals surface area contributed by atoms with Crippen LogP contribution in [0.1, 0.15) is 19.3 Å². The first-order valence-corrected chi connectivity index (χ1v) is 4.98. The molecule has 0 aliphatic carbocycles. The Balaban J connectivity index is 1.95. The van der Waals surface area contributed by atoms with Crippen LogP contribution < -0.4 is 5.43 Å². The molecule has 1 aromatic heterocycles. The lowest BCUT2D eigenvalue weighted by molar-refractivity contribution is 0.273. The minimum atomic E-state index is -0.438. The second-order valence-electron chi connectivity index (χ2n) is 3.53. The Morgan fingerprint density at radius 3 is 2.79 bits per heavy atom. The molecule has 0 radical (unpaired) electrons. The first kappa shape index (κ1) is 9.40. The van der Waals surface area contributed by atoms with E-state index in [1.165, 1.54) is 31.5 Å². The first-order valence-electron chi connectivity index (χ1n) is 4.98. The Labute approximate surface area is 82.9 Å². The van der Waals surface area contributed by atoms with Gasteiger partial charge in [-0.3, -0.25) is 0 Å². The van der Waals surface area contributed by atoms with Crippen molar-refractivity contribution in [1.82, 2.24) is 9.99 Å². The van der Waals surface area contributed by atoms with E-state index in [0.29, 0.717) is 0 Å². The summed E-state index contributed by atoms with van der Waals surface area (Å²) in [6.07, 6.45) is 5.19. The molecular formula is C10H14FN3. The summed E-state index contributed by atoms with van der Waals surface area (Å²) in [4.78, 5) is 3.51. The van der Waals surface area contributed by atoms with E-state index in [9.17, 15) is 4.39 Å². The molecule has 2 rings (SSSR count). The number of nitrogens with zero attached hydrogens (tertiary/aromatic N) is 2. The van der Waals surface area contributed by atoms with Crippen LogP contribution in [0.2, 0.25) is 0 Å². The largest absolute Gasteiger partial charge is 0.319 e. The smallest absolute Gasteiger partial charge is 0.214 e. The second-order valence-corrected chi connectivity index (χ2v) is 3.53. The van der Waals surface area contributed by atoms with Crippen LogP contribution >= 0.6 is 0 Å². The standard InChI is InChI=1S/C10H14FN3/c11-10-8-9(4-5-12-10)13-14-6-2-1-3-7-14/h4-5,8H,1-3,6-7H2,(H,12,13). The van der Waals surface area contributed by atoms with Crippen molar-refractivity contribution in [2.24, 2.45) is 0 Å². The van der Waals surface area contributed by atoms with Gasteiger partial charge >= 0.3 is 0 Å². The van der Waals surface area contributed by atoms with Crippen molar-refractivity contribution in [2.45, 2.75) is 19.3 Å². The van der Waals surface area contributed by atoms with Crippen molar-refractivity contribution >= 4 is 5.69 Å². The summed E-state index contributed by atoms with van der Waals surface area (Å²) >= 11 is 0. The van der Waals surface area contributed by atoms with E-state index in [1.54, 1.807) is 6.07 Å². The van der Waals surface area contributed by atoms with Gasteiger partial charge in [0.2, 0.25) is 5.95 Å². The lowest BCUT2D eigenvalue weighted by Gasteiger charge is -2.27. The van der Waals surface area contributed by atoms with Gasteiger partial charge in [-0.05, 0) is 18.9 Å². The fourth-order valence-electron chi connectivity index (χ4n) is 1.66. The summed E-state index contributed by atoms with van der Waals surface area (Å²) in [5, 5.41) is 2.12. The molecular weight excluding hydrogens is 181 g/mol. The predicted octanol–water partition coefficient (Wildman–Crippen LogP) is 2.03. The average Bonchev–Trinajstić information content (AvgIpc) is 2.19. The van der Waals surface area contributed by atoms with Crippen LogP contribution in [0.25, 0.3) is 0 Å². The van der Waals surface area contributed by atoms with E-state index < -0.39 is 5.95 Å². The van der Waals surface area contributed by atoms with E-state index in [2.05, 4.69) is 15.4 Å². The van der Waals surface area contributed by atoms with Crippen molar-refractivity contribution in [3.05, 3.63) is 24.3 Å². The minimum Gasteiger partial charge on any atom is -0.319 e. The fourth-order valence-corrected chi connectivity index (χ4v) is 1.66. The number of rotatable bonds is 2. The lowest BCUT2D eigenvalue weighted by Crippen LogP contribution is -2.34. The van der Waals surface area contributed by atoms with Crippen molar-refractivity contribution in [2.75, 3.05) is 18.5 Å². The van der Waals surface area contributed by atoms with Crippen molar-refractivity contribution in [3.63, 3.8) is 0 Å². The van der Waals surface area contributed by atoms with Gasteiger partial charge in [-0.15, -0.1) is 0 Å². The highest BCUT2D eigenvalue weighted by Gasteiger charge is 2.09. The summed E-state index contributed by atoms with van der Waals surface area (Å²) in [6.45, 7) is 2.06. The third kappa shape index (κ3) is 2.42. The highest BCUT2D eigenvalue weighted by molar-refractivity contribution is 5.40. The van der Waals surface area contributed by atoms with Crippen LogP contribution in [-0.4, -0.2) is 23.1 Å². The molecule has 0 aromatic carbocycles. The van der Waals surface area contributed by atoms with Crippen molar-refractivity contribution < 1.29 is 4.39 Å².